The van der Waals surface area contributed by atoms with E-state index in [1.807, 2.05) is 6.92 Å². The monoisotopic (exact) mass is 298 g/mol. The first-order valence-electron chi connectivity index (χ1n) is 6.90. The number of nitrogens with two attached hydrogens (primary N) is 1. The van der Waals surface area contributed by atoms with Crippen molar-refractivity contribution in [1.29, 1.82) is 0 Å². The Morgan fingerprint density at radius 3 is 2.50 bits per heavy atom. The quantitative estimate of drug-likeness (QED) is 0.735. The largest absolute Gasteiger partial charge is 0.398 e. The Morgan fingerprint density at radius 2 is 1.95 bits per heavy atom. The number of aryl methyl sites for hydroxylation is 1. The number of benzene rings is 1. The molecule has 2 rings (SSSR count). The summed E-state index contributed by atoms with van der Waals surface area (Å²) in [4.78, 5) is 0.152. The summed E-state index contributed by atoms with van der Waals surface area (Å²) >= 11 is 0. The third-order valence-corrected chi connectivity index (χ3v) is 5.60. The number of rotatable bonds is 4. The Balaban J connectivity index is 2.27. The molecule has 1 aromatic rings. The number of aliphatic hydroxyl groups excluding tert-OH is 1. The van der Waals surface area contributed by atoms with Crippen LogP contribution in [0.15, 0.2) is 23.1 Å². The molecule has 112 valence electrons. The highest BCUT2D eigenvalue weighted by atomic mass is 32.2. The molecule has 0 spiro atoms. The van der Waals surface area contributed by atoms with Gasteiger partial charge in [0.1, 0.15) is 0 Å². The van der Waals surface area contributed by atoms with Gasteiger partial charge in [0.25, 0.3) is 0 Å². The fourth-order valence-corrected chi connectivity index (χ4v) is 4.14. The number of hydrogen-bond donors (Lipinski definition) is 3. The molecular formula is C14H22N2O3S. The summed E-state index contributed by atoms with van der Waals surface area (Å²) in [5, 5.41) is 9.60. The highest BCUT2D eigenvalue weighted by molar-refractivity contribution is 7.89. The van der Waals surface area contributed by atoms with E-state index in [1.165, 1.54) is 6.07 Å². The summed E-state index contributed by atoms with van der Waals surface area (Å²) in [5.74, 6) is 0. The third kappa shape index (κ3) is 3.13. The van der Waals surface area contributed by atoms with E-state index in [2.05, 4.69) is 4.72 Å². The van der Waals surface area contributed by atoms with E-state index in [0.29, 0.717) is 18.5 Å². The van der Waals surface area contributed by atoms with E-state index in [0.717, 1.165) is 24.8 Å². The second-order valence-electron chi connectivity index (χ2n) is 5.62. The maximum Gasteiger partial charge on any atom is 0.241 e. The molecule has 1 aliphatic carbocycles. The standard InChI is InChI=1S/C14H22N2O3S/c1-11-5-6-12(9-13(11)15)20(18,19)16-14(10-17)7-3-2-4-8-14/h5-6,9,16-17H,2-4,7-8,10,15H2,1H3. The maximum atomic E-state index is 12.5. The van der Waals surface area contributed by atoms with Crippen molar-refractivity contribution in [2.45, 2.75) is 49.5 Å². The molecule has 0 saturated heterocycles. The lowest BCUT2D eigenvalue weighted by Gasteiger charge is -2.36. The van der Waals surface area contributed by atoms with Crippen molar-refractivity contribution in [2.24, 2.45) is 0 Å². The van der Waals surface area contributed by atoms with Crippen LogP contribution in [-0.4, -0.2) is 25.7 Å². The first kappa shape index (κ1) is 15.3. The number of nitrogens with one attached hydrogen (secondary N) is 1. The first-order valence-corrected chi connectivity index (χ1v) is 8.38. The zero-order chi connectivity index (χ0) is 14.8. The van der Waals surface area contributed by atoms with Crippen molar-refractivity contribution in [3.63, 3.8) is 0 Å². The Bertz CT molecular complexity index is 578. The zero-order valence-electron chi connectivity index (χ0n) is 11.7. The van der Waals surface area contributed by atoms with Crippen LogP contribution < -0.4 is 10.5 Å². The molecule has 0 unspecified atom stereocenters. The van der Waals surface area contributed by atoms with Gasteiger partial charge in [-0.25, -0.2) is 13.1 Å². The van der Waals surface area contributed by atoms with E-state index in [9.17, 15) is 13.5 Å². The van der Waals surface area contributed by atoms with Crippen LogP contribution in [0.4, 0.5) is 5.69 Å². The second kappa shape index (κ2) is 5.71. The van der Waals surface area contributed by atoms with E-state index in [4.69, 9.17) is 5.73 Å². The lowest BCUT2D eigenvalue weighted by atomic mass is 9.83. The summed E-state index contributed by atoms with van der Waals surface area (Å²) in [6, 6.07) is 4.70. The Kier molecular flexibility index (Phi) is 4.36. The molecule has 1 saturated carbocycles. The Hall–Kier alpha value is -1.11. The predicted molar refractivity (Wildman–Crippen MR) is 78.8 cm³/mol. The predicted octanol–water partition coefficient (Wildman–Crippen LogP) is 1.55. The van der Waals surface area contributed by atoms with Crippen molar-refractivity contribution in [1.82, 2.24) is 4.72 Å². The zero-order valence-corrected chi connectivity index (χ0v) is 12.5. The van der Waals surface area contributed by atoms with Crippen LogP contribution in [0.5, 0.6) is 0 Å². The lowest BCUT2D eigenvalue weighted by Crippen LogP contribution is -2.52. The number of anilines is 1. The highest BCUT2D eigenvalue weighted by Gasteiger charge is 2.36. The van der Waals surface area contributed by atoms with Crippen LogP contribution in [0.2, 0.25) is 0 Å². The molecule has 0 amide bonds. The lowest BCUT2D eigenvalue weighted by molar-refractivity contribution is 0.142. The average molecular weight is 298 g/mol. The summed E-state index contributed by atoms with van der Waals surface area (Å²) in [5.41, 5.74) is 6.35. The minimum absolute atomic E-state index is 0.152. The van der Waals surface area contributed by atoms with Crippen LogP contribution in [0.25, 0.3) is 0 Å². The third-order valence-electron chi connectivity index (χ3n) is 4.03. The molecule has 6 heteroatoms. The van der Waals surface area contributed by atoms with Crippen molar-refractivity contribution in [3.05, 3.63) is 23.8 Å². The molecular weight excluding hydrogens is 276 g/mol. The smallest absolute Gasteiger partial charge is 0.241 e. The highest BCUT2D eigenvalue weighted by Crippen LogP contribution is 2.30. The van der Waals surface area contributed by atoms with Crippen LogP contribution in [-0.2, 0) is 10.0 Å². The molecule has 0 bridgehead atoms. The molecule has 5 nitrogen and oxygen atoms in total. The topological polar surface area (TPSA) is 92.4 Å². The fourth-order valence-electron chi connectivity index (χ4n) is 2.65. The van der Waals surface area contributed by atoms with Gasteiger partial charge in [-0.1, -0.05) is 25.3 Å². The van der Waals surface area contributed by atoms with E-state index < -0.39 is 15.6 Å². The molecule has 4 N–H and O–H groups in total. The van der Waals surface area contributed by atoms with Crippen molar-refractivity contribution < 1.29 is 13.5 Å². The molecule has 1 fully saturated rings. The number of nitrogen functional groups attached to an aromatic ring is 1. The second-order valence-corrected chi connectivity index (χ2v) is 7.31. The fraction of sp³-hybridized carbons (Fsp3) is 0.571. The molecule has 0 heterocycles. The van der Waals surface area contributed by atoms with Gasteiger partial charge in [0.15, 0.2) is 0 Å². The van der Waals surface area contributed by atoms with Crippen molar-refractivity contribution >= 4 is 15.7 Å². The summed E-state index contributed by atoms with van der Waals surface area (Å²) in [7, 11) is -3.66. The van der Waals surface area contributed by atoms with Crippen molar-refractivity contribution in [3.8, 4) is 0 Å². The number of hydrogen-bond acceptors (Lipinski definition) is 4. The van der Waals surface area contributed by atoms with Crippen molar-refractivity contribution in [2.75, 3.05) is 12.3 Å². The van der Waals surface area contributed by atoms with Crippen LogP contribution in [0.3, 0.4) is 0 Å². The first-order chi connectivity index (χ1) is 9.38. The van der Waals surface area contributed by atoms with Gasteiger partial charge < -0.3 is 10.8 Å². The molecule has 0 radical (unpaired) electrons. The molecule has 0 atom stereocenters. The molecule has 1 aromatic carbocycles. The molecule has 0 aliphatic heterocycles. The van der Waals surface area contributed by atoms with E-state index in [-0.39, 0.29) is 11.5 Å². The normalized spacial score (nSPS) is 18.9. The molecule has 20 heavy (non-hydrogen) atoms. The van der Waals surface area contributed by atoms with Gasteiger partial charge in [-0.2, -0.15) is 0 Å². The molecule has 0 aromatic heterocycles. The maximum absolute atomic E-state index is 12.5. The van der Waals surface area contributed by atoms with E-state index >= 15 is 0 Å². The van der Waals surface area contributed by atoms with Crippen LogP contribution in [0, 0.1) is 6.92 Å². The molecule has 1 aliphatic rings. The summed E-state index contributed by atoms with van der Waals surface area (Å²) in [6.07, 6.45) is 4.29. The SMILES string of the molecule is Cc1ccc(S(=O)(=O)NC2(CO)CCCCC2)cc1N. The van der Waals surface area contributed by atoms with Crippen LogP contribution in [0.1, 0.15) is 37.7 Å². The van der Waals surface area contributed by atoms with Gasteiger partial charge in [0, 0.05) is 5.69 Å². The number of aliphatic hydroxyl groups is 1. The summed E-state index contributed by atoms with van der Waals surface area (Å²) < 4.78 is 27.6. The van der Waals surface area contributed by atoms with Crippen LogP contribution >= 0.6 is 0 Å². The minimum Gasteiger partial charge on any atom is -0.398 e. The Labute approximate surface area is 120 Å². The van der Waals surface area contributed by atoms with Gasteiger partial charge in [-0.3, -0.25) is 0 Å². The summed E-state index contributed by atoms with van der Waals surface area (Å²) in [6.45, 7) is 1.66. The van der Waals surface area contributed by atoms with Gasteiger partial charge in [0.05, 0.1) is 17.0 Å². The Morgan fingerprint density at radius 1 is 1.30 bits per heavy atom. The van der Waals surface area contributed by atoms with Gasteiger partial charge >= 0.3 is 0 Å². The average Bonchev–Trinajstić information content (AvgIpc) is 2.42. The van der Waals surface area contributed by atoms with Gasteiger partial charge in [-0.05, 0) is 37.5 Å². The number of sulfonamides is 1. The minimum atomic E-state index is -3.66. The van der Waals surface area contributed by atoms with Gasteiger partial charge in [0.2, 0.25) is 10.0 Å². The van der Waals surface area contributed by atoms with E-state index in [1.54, 1.807) is 12.1 Å². The van der Waals surface area contributed by atoms with Gasteiger partial charge in [-0.15, -0.1) is 0 Å².